The monoisotopic (exact) mass is 284 g/mol. The normalized spacial score (nSPS) is 21.5. The molecule has 1 unspecified atom stereocenters. The number of anilines is 1. The van der Waals surface area contributed by atoms with E-state index >= 15 is 0 Å². The number of hydrogen-bond donors (Lipinski definition) is 2. The molecule has 1 aliphatic heterocycles. The highest BCUT2D eigenvalue weighted by Gasteiger charge is 2.35. The number of nitrogen functional groups attached to an aromatic ring is 1. The molecular formula is C13H20N2O3S. The van der Waals surface area contributed by atoms with E-state index in [9.17, 15) is 8.42 Å². The van der Waals surface area contributed by atoms with Crippen molar-refractivity contribution in [2.24, 2.45) is 0 Å². The lowest BCUT2D eigenvalue weighted by atomic mass is 9.90. The van der Waals surface area contributed by atoms with E-state index in [0.717, 1.165) is 5.56 Å². The van der Waals surface area contributed by atoms with Gasteiger partial charge in [-0.15, -0.1) is 0 Å². The summed E-state index contributed by atoms with van der Waals surface area (Å²) in [5, 5.41) is 0. The molecule has 6 heteroatoms. The van der Waals surface area contributed by atoms with Gasteiger partial charge < -0.3 is 10.5 Å². The van der Waals surface area contributed by atoms with Crippen molar-refractivity contribution >= 4 is 15.7 Å². The van der Waals surface area contributed by atoms with Crippen molar-refractivity contribution in [3.05, 3.63) is 23.8 Å². The zero-order chi connectivity index (χ0) is 14.3. The van der Waals surface area contributed by atoms with Crippen molar-refractivity contribution in [2.45, 2.75) is 38.8 Å². The van der Waals surface area contributed by atoms with Crippen molar-refractivity contribution in [2.75, 3.05) is 11.5 Å². The summed E-state index contributed by atoms with van der Waals surface area (Å²) in [6, 6.07) is 5.02. The van der Waals surface area contributed by atoms with E-state index in [2.05, 4.69) is 4.72 Å². The van der Waals surface area contributed by atoms with E-state index in [1.165, 1.54) is 0 Å². The molecule has 106 valence electrons. The summed E-state index contributed by atoms with van der Waals surface area (Å²) in [4.78, 5) is 0. The molecular weight excluding hydrogens is 264 g/mol. The molecule has 0 bridgehead atoms. The largest absolute Gasteiger partial charge is 0.487 e. The molecule has 0 radical (unpaired) electrons. The van der Waals surface area contributed by atoms with Crippen molar-refractivity contribution in [3.63, 3.8) is 0 Å². The Morgan fingerprint density at radius 1 is 1.47 bits per heavy atom. The van der Waals surface area contributed by atoms with Crippen molar-refractivity contribution in [3.8, 4) is 5.75 Å². The second-order valence-electron chi connectivity index (χ2n) is 5.44. The van der Waals surface area contributed by atoms with Crippen molar-refractivity contribution in [1.29, 1.82) is 0 Å². The fraction of sp³-hybridized carbons (Fsp3) is 0.538. The topological polar surface area (TPSA) is 81.4 Å². The van der Waals surface area contributed by atoms with Gasteiger partial charge in [0.15, 0.2) is 0 Å². The zero-order valence-corrected chi connectivity index (χ0v) is 12.3. The third-order valence-corrected chi connectivity index (χ3v) is 4.60. The standard InChI is InChI=1S/C13H20N2O3S/c1-4-19(16,17)15-11-8-13(2,3)18-12-6-5-9(14)7-10(11)12/h5-7,11,15H,4,8,14H2,1-3H3. The van der Waals surface area contributed by atoms with Gasteiger partial charge in [-0.1, -0.05) is 0 Å². The predicted molar refractivity (Wildman–Crippen MR) is 75.5 cm³/mol. The van der Waals surface area contributed by atoms with Crippen LogP contribution in [-0.2, 0) is 10.0 Å². The second kappa shape index (κ2) is 4.68. The smallest absolute Gasteiger partial charge is 0.211 e. The first-order valence-electron chi connectivity index (χ1n) is 6.31. The Morgan fingerprint density at radius 2 is 2.16 bits per heavy atom. The summed E-state index contributed by atoms with van der Waals surface area (Å²) in [6.07, 6.45) is 0.572. The molecule has 19 heavy (non-hydrogen) atoms. The number of hydrogen-bond acceptors (Lipinski definition) is 4. The summed E-state index contributed by atoms with van der Waals surface area (Å²) in [6.45, 7) is 5.51. The number of ether oxygens (including phenoxy) is 1. The lowest BCUT2D eigenvalue weighted by Crippen LogP contribution is -2.41. The zero-order valence-electron chi connectivity index (χ0n) is 11.4. The molecule has 0 spiro atoms. The lowest BCUT2D eigenvalue weighted by molar-refractivity contribution is 0.0702. The van der Waals surface area contributed by atoms with Crippen molar-refractivity contribution < 1.29 is 13.2 Å². The maximum absolute atomic E-state index is 11.8. The highest BCUT2D eigenvalue weighted by Crippen LogP contribution is 2.40. The van der Waals surface area contributed by atoms with Crippen LogP contribution >= 0.6 is 0 Å². The van der Waals surface area contributed by atoms with E-state index in [1.54, 1.807) is 25.1 Å². The first kappa shape index (κ1) is 14.1. The van der Waals surface area contributed by atoms with Crippen LogP contribution in [0, 0.1) is 0 Å². The SMILES string of the molecule is CCS(=O)(=O)NC1CC(C)(C)Oc2ccc(N)cc21. The van der Waals surface area contributed by atoms with Gasteiger partial charge in [0.25, 0.3) is 0 Å². The molecule has 1 aromatic carbocycles. The fourth-order valence-corrected chi connectivity index (χ4v) is 3.09. The van der Waals surface area contributed by atoms with E-state index in [-0.39, 0.29) is 11.8 Å². The number of fused-ring (bicyclic) bond motifs is 1. The van der Waals surface area contributed by atoms with Crippen LogP contribution in [0.25, 0.3) is 0 Å². The maximum Gasteiger partial charge on any atom is 0.211 e. The minimum Gasteiger partial charge on any atom is -0.487 e. The average Bonchev–Trinajstić information content (AvgIpc) is 2.29. The third kappa shape index (κ3) is 3.19. The summed E-state index contributed by atoms with van der Waals surface area (Å²) in [7, 11) is -3.27. The number of nitrogens with one attached hydrogen (secondary N) is 1. The van der Waals surface area contributed by atoms with Gasteiger partial charge in [-0.3, -0.25) is 0 Å². The van der Waals surface area contributed by atoms with Crippen molar-refractivity contribution in [1.82, 2.24) is 4.72 Å². The summed E-state index contributed by atoms with van der Waals surface area (Å²) >= 11 is 0. The Balaban J connectivity index is 2.41. The van der Waals surface area contributed by atoms with E-state index in [1.807, 2.05) is 13.8 Å². The number of rotatable bonds is 3. The second-order valence-corrected chi connectivity index (χ2v) is 7.48. The van der Waals surface area contributed by atoms with Crippen LogP contribution in [0.4, 0.5) is 5.69 Å². The van der Waals surface area contributed by atoms with E-state index in [4.69, 9.17) is 10.5 Å². The van der Waals surface area contributed by atoms with Gasteiger partial charge >= 0.3 is 0 Å². The Labute approximate surface area is 114 Å². The summed E-state index contributed by atoms with van der Waals surface area (Å²) in [5.74, 6) is 0.747. The first-order valence-corrected chi connectivity index (χ1v) is 7.96. The molecule has 0 saturated heterocycles. The van der Waals surface area contributed by atoms with Crippen LogP contribution in [0.1, 0.15) is 38.8 Å². The molecule has 0 saturated carbocycles. The summed E-state index contributed by atoms with van der Waals surface area (Å²) in [5.41, 5.74) is 6.76. The minimum absolute atomic E-state index is 0.0580. The molecule has 3 N–H and O–H groups in total. The molecule has 5 nitrogen and oxygen atoms in total. The van der Waals surface area contributed by atoms with E-state index in [0.29, 0.717) is 17.9 Å². The van der Waals surface area contributed by atoms with Gasteiger partial charge in [-0.25, -0.2) is 13.1 Å². The highest BCUT2D eigenvalue weighted by molar-refractivity contribution is 7.89. The average molecular weight is 284 g/mol. The van der Waals surface area contributed by atoms with Crippen LogP contribution in [0.3, 0.4) is 0 Å². The Bertz CT molecular complexity index is 582. The predicted octanol–water partition coefficient (Wildman–Crippen LogP) is 1.81. The molecule has 0 fully saturated rings. The molecule has 1 heterocycles. The number of nitrogens with two attached hydrogens (primary N) is 1. The van der Waals surface area contributed by atoms with Gasteiger partial charge in [0.05, 0.1) is 11.8 Å². The number of sulfonamides is 1. The van der Waals surface area contributed by atoms with Gasteiger partial charge in [-0.05, 0) is 39.0 Å². The molecule has 1 aromatic rings. The third-order valence-electron chi connectivity index (χ3n) is 3.19. The van der Waals surface area contributed by atoms with Crippen LogP contribution in [0.15, 0.2) is 18.2 Å². The van der Waals surface area contributed by atoms with Crippen LogP contribution < -0.4 is 15.2 Å². The van der Waals surface area contributed by atoms with Gasteiger partial charge in [0.2, 0.25) is 10.0 Å². The first-order chi connectivity index (χ1) is 8.72. The Kier molecular flexibility index (Phi) is 3.49. The molecule has 2 rings (SSSR count). The van der Waals surface area contributed by atoms with E-state index < -0.39 is 15.6 Å². The number of benzene rings is 1. The molecule has 0 aliphatic carbocycles. The Morgan fingerprint density at radius 3 is 2.79 bits per heavy atom. The molecule has 0 aromatic heterocycles. The quantitative estimate of drug-likeness (QED) is 0.829. The van der Waals surface area contributed by atoms with Crippen LogP contribution in [0.5, 0.6) is 5.75 Å². The van der Waals surface area contributed by atoms with Gasteiger partial charge in [0, 0.05) is 17.7 Å². The van der Waals surface area contributed by atoms with Gasteiger partial charge in [0.1, 0.15) is 11.4 Å². The molecule has 1 atom stereocenters. The molecule has 0 amide bonds. The van der Waals surface area contributed by atoms with Gasteiger partial charge in [-0.2, -0.15) is 0 Å². The minimum atomic E-state index is -3.27. The molecule has 1 aliphatic rings. The fourth-order valence-electron chi connectivity index (χ4n) is 2.28. The van der Waals surface area contributed by atoms with Crippen LogP contribution in [-0.4, -0.2) is 19.8 Å². The highest BCUT2D eigenvalue weighted by atomic mass is 32.2. The summed E-state index contributed by atoms with van der Waals surface area (Å²) < 4.78 is 32.2. The Hall–Kier alpha value is -1.27. The lowest BCUT2D eigenvalue weighted by Gasteiger charge is -2.37. The van der Waals surface area contributed by atoms with Crippen LogP contribution in [0.2, 0.25) is 0 Å². The maximum atomic E-state index is 11.8.